The summed E-state index contributed by atoms with van der Waals surface area (Å²) in [4.78, 5) is 25.0. The van der Waals surface area contributed by atoms with Crippen molar-refractivity contribution in [2.45, 2.75) is 32.6 Å². The number of carbonyl (C=O) groups is 2. The molecule has 1 aliphatic rings. The second-order valence-corrected chi connectivity index (χ2v) is 5.29. The first-order valence-corrected chi connectivity index (χ1v) is 6.60. The summed E-state index contributed by atoms with van der Waals surface area (Å²) in [6, 6.07) is 1.80. The minimum atomic E-state index is -0.832. The van der Waals surface area contributed by atoms with Crippen molar-refractivity contribution in [3.8, 4) is 0 Å². The molecule has 1 amide bonds. The molecule has 1 aromatic heterocycles. The Morgan fingerprint density at radius 3 is 2.84 bits per heavy atom. The lowest BCUT2D eigenvalue weighted by atomic mass is 9.97. The molecule has 1 N–H and O–H groups in total. The van der Waals surface area contributed by atoms with Crippen molar-refractivity contribution < 1.29 is 19.1 Å². The molecule has 1 atom stereocenters. The van der Waals surface area contributed by atoms with Crippen LogP contribution in [0.4, 0.5) is 0 Å². The Hall–Kier alpha value is -1.78. The maximum absolute atomic E-state index is 12.4. The van der Waals surface area contributed by atoms with E-state index in [1.807, 2.05) is 13.8 Å². The molecular weight excluding hydrogens is 246 g/mol. The number of piperidine rings is 1. The number of rotatable bonds is 3. The van der Waals surface area contributed by atoms with Gasteiger partial charge in [-0.2, -0.15) is 0 Å². The van der Waals surface area contributed by atoms with Gasteiger partial charge in [0.2, 0.25) is 0 Å². The molecule has 2 rings (SSSR count). The topological polar surface area (TPSA) is 70.8 Å². The Kier molecular flexibility index (Phi) is 3.93. The second-order valence-electron chi connectivity index (χ2n) is 5.29. The van der Waals surface area contributed by atoms with E-state index >= 15 is 0 Å². The zero-order chi connectivity index (χ0) is 14.0. The molecule has 0 aliphatic carbocycles. The first kappa shape index (κ1) is 13.6. The van der Waals surface area contributed by atoms with Crippen molar-refractivity contribution in [3.05, 3.63) is 23.7 Å². The summed E-state index contributed by atoms with van der Waals surface area (Å²) in [7, 11) is 0. The van der Waals surface area contributed by atoms with Gasteiger partial charge >= 0.3 is 5.97 Å². The summed E-state index contributed by atoms with van der Waals surface area (Å²) < 4.78 is 5.30. The number of likely N-dealkylation sites (tertiary alicyclic amines) is 1. The van der Waals surface area contributed by atoms with Gasteiger partial charge in [0.15, 0.2) is 5.76 Å². The van der Waals surface area contributed by atoms with Gasteiger partial charge in [-0.05, 0) is 24.8 Å². The molecule has 1 fully saturated rings. The van der Waals surface area contributed by atoms with Crippen molar-refractivity contribution in [1.82, 2.24) is 4.90 Å². The Labute approximate surface area is 112 Å². The van der Waals surface area contributed by atoms with Crippen molar-refractivity contribution in [2.75, 3.05) is 13.1 Å². The molecule has 19 heavy (non-hydrogen) atoms. The number of carbonyl (C=O) groups excluding carboxylic acids is 1. The van der Waals surface area contributed by atoms with Gasteiger partial charge < -0.3 is 14.4 Å². The third-order valence-corrected chi connectivity index (χ3v) is 3.57. The lowest BCUT2D eigenvalue weighted by Gasteiger charge is -2.30. The number of nitrogens with zero attached hydrogens (tertiary/aromatic N) is 1. The SMILES string of the molecule is CC(C)c1ccoc1C(=O)N1CCC[C@H](C(=O)O)C1. The van der Waals surface area contributed by atoms with E-state index in [2.05, 4.69) is 0 Å². The van der Waals surface area contributed by atoms with Crippen LogP contribution in [0.5, 0.6) is 0 Å². The number of carboxylic acid groups (broad SMARTS) is 1. The van der Waals surface area contributed by atoms with Gasteiger partial charge in [-0.15, -0.1) is 0 Å². The number of hydrogen-bond donors (Lipinski definition) is 1. The average molecular weight is 265 g/mol. The van der Waals surface area contributed by atoms with Gasteiger partial charge in [0.25, 0.3) is 5.91 Å². The predicted molar refractivity (Wildman–Crippen MR) is 69.1 cm³/mol. The number of carboxylic acids is 1. The minimum absolute atomic E-state index is 0.195. The highest BCUT2D eigenvalue weighted by Gasteiger charge is 2.31. The molecule has 1 aromatic rings. The summed E-state index contributed by atoms with van der Waals surface area (Å²) in [6.45, 7) is 4.86. The molecule has 1 aliphatic heterocycles. The molecule has 5 nitrogen and oxygen atoms in total. The molecule has 1 saturated heterocycles. The number of furan rings is 1. The van der Waals surface area contributed by atoms with E-state index in [0.29, 0.717) is 18.7 Å². The van der Waals surface area contributed by atoms with Crippen molar-refractivity contribution in [2.24, 2.45) is 5.92 Å². The molecule has 0 saturated carbocycles. The summed E-state index contributed by atoms with van der Waals surface area (Å²) in [5.41, 5.74) is 0.877. The predicted octanol–water partition coefficient (Wildman–Crippen LogP) is 2.34. The molecule has 2 heterocycles. The van der Waals surface area contributed by atoms with Crippen LogP contribution in [0.2, 0.25) is 0 Å². The van der Waals surface area contributed by atoms with Gasteiger partial charge in [0.05, 0.1) is 12.2 Å². The Bertz CT molecular complexity index is 478. The molecule has 0 unspecified atom stereocenters. The van der Waals surface area contributed by atoms with Crippen molar-refractivity contribution >= 4 is 11.9 Å². The lowest BCUT2D eigenvalue weighted by molar-refractivity contribution is -0.143. The van der Waals surface area contributed by atoms with E-state index in [-0.39, 0.29) is 18.4 Å². The fourth-order valence-electron chi connectivity index (χ4n) is 2.45. The van der Waals surface area contributed by atoms with Crippen LogP contribution in [0.25, 0.3) is 0 Å². The Morgan fingerprint density at radius 2 is 2.21 bits per heavy atom. The quantitative estimate of drug-likeness (QED) is 0.910. The maximum atomic E-state index is 12.4. The zero-order valence-corrected chi connectivity index (χ0v) is 11.3. The Morgan fingerprint density at radius 1 is 1.47 bits per heavy atom. The summed E-state index contributed by atoms with van der Waals surface area (Å²) in [5, 5.41) is 9.05. The van der Waals surface area contributed by atoms with Gasteiger partial charge in [-0.3, -0.25) is 9.59 Å². The summed E-state index contributed by atoms with van der Waals surface area (Å²) >= 11 is 0. The zero-order valence-electron chi connectivity index (χ0n) is 11.3. The van der Waals surface area contributed by atoms with Crippen molar-refractivity contribution in [3.63, 3.8) is 0 Å². The van der Waals surface area contributed by atoms with E-state index in [9.17, 15) is 9.59 Å². The molecule has 104 valence electrons. The largest absolute Gasteiger partial charge is 0.481 e. The van der Waals surface area contributed by atoms with E-state index in [0.717, 1.165) is 12.0 Å². The van der Waals surface area contributed by atoms with Crippen LogP contribution in [0.1, 0.15) is 48.7 Å². The smallest absolute Gasteiger partial charge is 0.308 e. The third-order valence-electron chi connectivity index (χ3n) is 3.57. The maximum Gasteiger partial charge on any atom is 0.308 e. The van der Waals surface area contributed by atoms with Crippen LogP contribution < -0.4 is 0 Å². The minimum Gasteiger partial charge on any atom is -0.481 e. The lowest BCUT2D eigenvalue weighted by Crippen LogP contribution is -2.42. The van der Waals surface area contributed by atoms with Crippen LogP contribution in [0.15, 0.2) is 16.7 Å². The third kappa shape index (κ3) is 2.80. The van der Waals surface area contributed by atoms with Gasteiger partial charge in [-0.1, -0.05) is 13.8 Å². The standard InChI is InChI=1S/C14H19NO4/c1-9(2)11-5-7-19-12(11)13(16)15-6-3-4-10(8-15)14(17)18/h5,7,9-10H,3-4,6,8H2,1-2H3,(H,17,18)/t10-/m0/s1. The highest BCUT2D eigenvalue weighted by Crippen LogP contribution is 2.24. The molecule has 0 aromatic carbocycles. The molecule has 5 heteroatoms. The monoisotopic (exact) mass is 265 g/mol. The van der Waals surface area contributed by atoms with E-state index in [4.69, 9.17) is 9.52 Å². The molecule has 0 spiro atoms. The van der Waals surface area contributed by atoms with E-state index < -0.39 is 11.9 Å². The normalized spacial score (nSPS) is 19.7. The average Bonchev–Trinajstić information content (AvgIpc) is 2.87. The number of amides is 1. The van der Waals surface area contributed by atoms with Crippen LogP contribution >= 0.6 is 0 Å². The first-order valence-electron chi connectivity index (χ1n) is 6.60. The van der Waals surface area contributed by atoms with Gasteiger partial charge in [0, 0.05) is 18.7 Å². The van der Waals surface area contributed by atoms with Crippen LogP contribution in [-0.2, 0) is 4.79 Å². The fourth-order valence-corrected chi connectivity index (χ4v) is 2.45. The van der Waals surface area contributed by atoms with Crippen molar-refractivity contribution in [1.29, 1.82) is 0 Å². The number of aliphatic carboxylic acids is 1. The molecule has 0 radical (unpaired) electrons. The van der Waals surface area contributed by atoms with Gasteiger partial charge in [-0.25, -0.2) is 0 Å². The van der Waals surface area contributed by atoms with E-state index in [1.165, 1.54) is 6.26 Å². The summed E-state index contributed by atoms with van der Waals surface area (Å²) in [5.74, 6) is -0.936. The second kappa shape index (κ2) is 5.47. The fraction of sp³-hybridized carbons (Fsp3) is 0.571. The summed E-state index contributed by atoms with van der Waals surface area (Å²) in [6.07, 6.45) is 2.87. The van der Waals surface area contributed by atoms with Crippen LogP contribution in [0, 0.1) is 5.92 Å². The highest BCUT2D eigenvalue weighted by molar-refractivity contribution is 5.93. The first-order chi connectivity index (χ1) is 9.00. The number of hydrogen-bond acceptors (Lipinski definition) is 3. The highest BCUT2D eigenvalue weighted by atomic mass is 16.4. The van der Waals surface area contributed by atoms with E-state index in [1.54, 1.807) is 11.0 Å². The van der Waals surface area contributed by atoms with Crippen LogP contribution in [0.3, 0.4) is 0 Å². The van der Waals surface area contributed by atoms with Crippen LogP contribution in [-0.4, -0.2) is 35.0 Å². The molecule has 0 bridgehead atoms. The molecular formula is C14H19NO4. The van der Waals surface area contributed by atoms with Gasteiger partial charge in [0.1, 0.15) is 0 Å². The Balaban J connectivity index is 2.15.